The first-order valence-electron chi connectivity index (χ1n) is 6.64. The number of aliphatic hydroxyl groups excluding tert-OH is 1. The van der Waals surface area contributed by atoms with E-state index >= 15 is 0 Å². The Labute approximate surface area is 112 Å². The number of fused-ring (bicyclic) bond motifs is 1. The van der Waals surface area contributed by atoms with E-state index in [2.05, 4.69) is 14.9 Å². The van der Waals surface area contributed by atoms with Gasteiger partial charge in [0.05, 0.1) is 5.52 Å². The molecule has 100 valence electrons. The second-order valence-electron chi connectivity index (χ2n) is 5.11. The highest BCUT2D eigenvalue weighted by atomic mass is 16.3. The predicted molar refractivity (Wildman–Crippen MR) is 76.0 cm³/mol. The van der Waals surface area contributed by atoms with Gasteiger partial charge in [-0.15, -0.1) is 0 Å². The minimum atomic E-state index is 0.243. The van der Waals surface area contributed by atoms with Gasteiger partial charge in [0.1, 0.15) is 12.1 Å². The van der Waals surface area contributed by atoms with Gasteiger partial charge in [0.2, 0.25) is 0 Å². The van der Waals surface area contributed by atoms with E-state index in [-0.39, 0.29) is 6.61 Å². The maximum atomic E-state index is 9.33. The summed E-state index contributed by atoms with van der Waals surface area (Å²) in [6, 6.07) is 5.72. The summed E-state index contributed by atoms with van der Waals surface area (Å²) in [5.41, 5.74) is 7.37. The molecule has 0 amide bonds. The molecule has 0 saturated carbocycles. The van der Waals surface area contributed by atoms with Crippen molar-refractivity contribution < 1.29 is 5.11 Å². The van der Waals surface area contributed by atoms with Crippen LogP contribution < -0.4 is 10.6 Å². The van der Waals surface area contributed by atoms with Gasteiger partial charge < -0.3 is 15.7 Å². The number of hydrogen-bond donors (Lipinski definition) is 2. The monoisotopic (exact) mass is 258 g/mol. The molecule has 19 heavy (non-hydrogen) atoms. The molecule has 1 fully saturated rings. The van der Waals surface area contributed by atoms with Gasteiger partial charge in [0, 0.05) is 30.8 Å². The third kappa shape index (κ3) is 2.33. The van der Waals surface area contributed by atoms with Crippen molar-refractivity contribution in [2.24, 2.45) is 5.92 Å². The minimum Gasteiger partial charge on any atom is -0.399 e. The second kappa shape index (κ2) is 5.01. The molecule has 0 aliphatic carbocycles. The van der Waals surface area contributed by atoms with Crippen molar-refractivity contribution in [3.63, 3.8) is 0 Å². The minimum absolute atomic E-state index is 0.243. The zero-order chi connectivity index (χ0) is 13.2. The van der Waals surface area contributed by atoms with Gasteiger partial charge in [-0.1, -0.05) is 0 Å². The Morgan fingerprint density at radius 2 is 2.26 bits per heavy atom. The summed E-state index contributed by atoms with van der Waals surface area (Å²) in [5, 5.41) is 10.4. The highest BCUT2D eigenvalue weighted by molar-refractivity contribution is 5.91. The van der Waals surface area contributed by atoms with Gasteiger partial charge in [0.25, 0.3) is 0 Å². The lowest BCUT2D eigenvalue weighted by molar-refractivity contribution is 0.208. The normalized spacial score (nSPS) is 19.8. The molecule has 1 saturated heterocycles. The lowest BCUT2D eigenvalue weighted by atomic mass is 9.99. The molecule has 1 unspecified atom stereocenters. The Hall–Kier alpha value is -1.88. The molecule has 3 rings (SSSR count). The number of nitrogen functional groups attached to an aromatic ring is 1. The van der Waals surface area contributed by atoms with Crippen molar-refractivity contribution >= 4 is 22.4 Å². The molecular formula is C14H18N4O. The molecule has 5 heteroatoms. The standard InChI is InChI=1S/C14H18N4O/c15-11-3-4-12-13(6-11)16-9-17-14(12)18-5-1-2-10(7-18)8-19/h3-4,6,9-10,19H,1-2,5,7-8,15H2. The molecule has 5 nitrogen and oxygen atoms in total. The Bertz CT molecular complexity index is 587. The number of aliphatic hydroxyl groups is 1. The van der Waals surface area contributed by atoms with Crippen molar-refractivity contribution in [2.45, 2.75) is 12.8 Å². The molecule has 2 aromatic rings. The van der Waals surface area contributed by atoms with Crippen molar-refractivity contribution in [3.05, 3.63) is 24.5 Å². The molecular weight excluding hydrogens is 240 g/mol. The quantitative estimate of drug-likeness (QED) is 0.797. The van der Waals surface area contributed by atoms with Crippen LogP contribution in [0.5, 0.6) is 0 Å². The fourth-order valence-electron chi connectivity index (χ4n) is 2.72. The largest absolute Gasteiger partial charge is 0.399 e. The van der Waals surface area contributed by atoms with E-state index in [1.165, 1.54) is 0 Å². The first kappa shape index (κ1) is 12.2. The van der Waals surface area contributed by atoms with Crippen molar-refractivity contribution in [2.75, 3.05) is 30.3 Å². The van der Waals surface area contributed by atoms with Gasteiger partial charge in [-0.3, -0.25) is 0 Å². The molecule has 0 spiro atoms. The van der Waals surface area contributed by atoms with Crippen LogP contribution in [-0.4, -0.2) is 34.8 Å². The predicted octanol–water partition coefficient (Wildman–Crippen LogP) is 1.42. The number of aromatic nitrogens is 2. The molecule has 3 N–H and O–H groups in total. The van der Waals surface area contributed by atoms with Crippen LogP contribution >= 0.6 is 0 Å². The van der Waals surface area contributed by atoms with E-state index < -0.39 is 0 Å². The molecule has 0 bridgehead atoms. The van der Waals surface area contributed by atoms with Crippen molar-refractivity contribution in [1.82, 2.24) is 9.97 Å². The fraction of sp³-hybridized carbons (Fsp3) is 0.429. The van der Waals surface area contributed by atoms with Crippen LogP contribution in [0.2, 0.25) is 0 Å². The number of piperidine rings is 1. The van der Waals surface area contributed by atoms with Crippen molar-refractivity contribution in [3.8, 4) is 0 Å². The molecule has 2 heterocycles. The smallest absolute Gasteiger partial charge is 0.139 e. The molecule has 1 aliphatic heterocycles. The first-order chi connectivity index (χ1) is 9.28. The number of benzene rings is 1. The Morgan fingerprint density at radius 1 is 1.37 bits per heavy atom. The lowest BCUT2D eigenvalue weighted by Crippen LogP contribution is -2.37. The van der Waals surface area contributed by atoms with E-state index in [1.807, 2.05) is 18.2 Å². The summed E-state index contributed by atoms with van der Waals surface area (Å²) in [6.07, 6.45) is 3.76. The molecule has 1 atom stereocenters. The summed E-state index contributed by atoms with van der Waals surface area (Å²) in [4.78, 5) is 10.9. The zero-order valence-corrected chi connectivity index (χ0v) is 10.8. The average Bonchev–Trinajstić information content (AvgIpc) is 2.46. The third-order valence-corrected chi connectivity index (χ3v) is 3.72. The van der Waals surface area contributed by atoms with Crippen LogP contribution in [0.25, 0.3) is 10.9 Å². The average molecular weight is 258 g/mol. The van der Waals surface area contributed by atoms with E-state index in [4.69, 9.17) is 5.73 Å². The molecule has 1 aromatic carbocycles. The number of hydrogen-bond acceptors (Lipinski definition) is 5. The second-order valence-corrected chi connectivity index (χ2v) is 5.11. The van der Waals surface area contributed by atoms with E-state index in [1.54, 1.807) is 6.33 Å². The van der Waals surface area contributed by atoms with Gasteiger partial charge in [-0.05, 0) is 37.0 Å². The van der Waals surface area contributed by atoms with Crippen LogP contribution in [0.1, 0.15) is 12.8 Å². The van der Waals surface area contributed by atoms with Crippen LogP contribution in [0.4, 0.5) is 11.5 Å². The van der Waals surface area contributed by atoms with Gasteiger partial charge in [0.15, 0.2) is 0 Å². The number of nitrogens with zero attached hydrogens (tertiary/aromatic N) is 3. The highest BCUT2D eigenvalue weighted by Gasteiger charge is 2.21. The number of anilines is 2. The van der Waals surface area contributed by atoms with E-state index in [9.17, 15) is 5.11 Å². The molecule has 0 radical (unpaired) electrons. The van der Waals surface area contributed by atoms with Gasteiger partial charge in [-0.2, -0.15) is 0 Å². The summed E-state index contributed by atoms with van der Waals surface area (Å²) in [6.45, 7) is 2.08. The first-order valence-corrected chi connectivity index (χ1v) is 6.64. The van der Waals surface area contributed by atoms with E-state index in [0.717, 1.165) is 42.7 Å². The topological polar surface area (TPSA) is 75.3 Å². The van der Waals surface area contributed by atoms with Crippen molar-refractivity contribution in [1.29, 1.82) is 0 Å². The number of rotatable bonds is 2. The van der Waals surface area contributed by atoms with Crippen LogP contribution in [0.15, 0.2) is 24.5 Å². The Morgan fingerprint density at radius 3 is 3.11 bits per heavy atom. The Kier molecular flexibility index (Phi) is 3.21. The summed E-state index contributed by atoms with van der Waals surface area (Å²) < 4.78 is 0. The lowest BCUT2D eigenvalue weighted by Gasteiger charge is -2.33. The molecule has 1 aliphatic rings. The summed E-state index contributed by atoms with van der Waals surface area (Å²) >= 11 is 0. The van der Waals surface area contributed by atoms with Crippen LogP contribution in [0, 0.1) is 5.92 Å². The van der Waals surface area contributed by atoms with Crippen LogP contribution in [-0.2, 0) is 0 Å². The maximum Gasteiger partial charge on any atom is 0.139 e. The fourth-order valence-corrected chi connectivity index (χ4v) is 2.72. The SMILES string of the molecule is Nc1ccc2c(N3CCCC(CO)C3)ncnc2c1. The molecule has 1 aromatic heterocycles. The van der Waals surface area contributed by atoms with Gasteiger partial charge >= 0.3 is 0 Å². The third-order valence-electron chi connectivity index (χ3n) is 3.72. The van der Waals surface area contributed by atoms with Gasteiger partial charge in [-0.25, -0.2) is 9.97 Å². The van der Waals surface area contributed by atoms with E-state index in [0.29, 0.717) is 11.6 Å². The number of nitrogens with two attached hydrogens (primary N) is 1. The Balaban J connectivity index is 2.00. The maximum absolute atomic E-state index is 9.33. The summed E-state index contributed by atoms with van der Waals surface area (Å²) in [5.74, 6) is 1.29. The van der Waals surface area contributed by atoms with Crippen LogP contribution in [0.3, 0.4) is 0 Å². The zero-order valence-electron chi connectivity index (χ0n) is 10.8. The summed E-state index contributed by atoms with van der Waals surface area (Å²) in [7, 11) is 0. The highest BCUT2D eigenvalue weighted by Crippen LogP contribution is 2.28.